The molecule has 0 saturated carbocycles. The number of anilines is 1. The van der Waals surface area contributed by atoms with Gasteiger partial charge < -0.3 is 10.1 Å². The maximum Gasteiger partial charge on any atom is 0.136 e. The third-order valence-electron chi connectivity index (χ3n) is 2.93. The molecule has 0 saturated heterocycles. The molecule has 0 aromatic heterocycles. The monoisotopic (exact) mass is 252 g/mol. The van der Waals surface area contributed by atoms with E-state index in [-0.39, 0.29) is 0 Å². The number of methoxy groups -OCH3 is 1. The number of rotatable bonds is 4. The first-order chi connectivity index (χ1) is 9.22. The Kier molecular flexibility index (Phi) is 4.04. The molecule has 19 heavy (non-hydrogen) atoms. The molecular weight excluding hydrogens is 236 g/mol. The van der Waals surface area contributed by atoms with E-state index in [1.165, 1.54) is 5.56 Å². The summed E-state index contributed by atoms with van der Waals surface area (Å²) in [5.74, 6) is 0.616. The van der Waals surface area contributed by atoms with Crippen LogP contribution in [0.2, 0.25) is 0 Å². The minimum absolute atomic E-state index is 0.557. The summed E-state index contributed by atoms with van der Waals surface area (Å²) in [6, 6.07) is 16.0. The van der Waals surface area contributed by atoms with Crippen LogP contribution in [0.1, 0.15) is 16.7 Å². The van der Waals surface area contributed by atoms with Gasteiger partial charge in [0.2, 0.25) is 0 Å². The van der Waals surface area contributed by atoms with Crippen molar-refractivity contribution in [2.75, 3.05) is 12.4 Å². The number of benzene rings is 2. The van der Waals surface area contributed by atoms with Gasteiger partial charge in [-0.3, -0.25) is 0 Å². The van der Waals surface area contributed by atoms with Crippen LogP contribution in [0.5, 0.6) is 5.75 Å². The molecule has 2 aromatic carbocycles. The highest BCUT2D eigenvalue weighted by molar-refractivity contribution is 5.48. The molecule has 0 radical (unpaired) electrons. The zero-order valence-electron chi connectivity index (χ0n) is 11.1. The first kappa shape index (κ1) is 13.0. The predicted octanol–water partition coefficient (Wildman–Crippen LogP) is 3.49. The van der Waals surface area contributed by atoms with E-state index >= 15 is 0 Å². The molecule has 2 rings (SSSR count). The van der Waals surface area contributed by atoms with E-state index in [0.717, 1.165) is 11.3 Å². The van der Waals surface area contributed by atoms with Gasteiger partial charge in [0.25, 0.3) is 0 Å². The van der Waals surface area contributed by atoms with Crippen molar-refractivity contribution in [3.05, 3.63) is 59.2 Å². The van der Waals surface area contributed by atoms with Crippen LogP contribution in [-0.2, 0) is 6.54 Å². The van der Waals surface area contributed by atoms with E-state index in [9.17, 15) is 0 Å². The van der Waals surface area contributed by atoms with Crippen LogP contribution < -0.4 is 10.1 Å². The largest absolute Gasteiger partial charge is 0.495 e. The van der Waals surface area contributed by atoms with Crippen molar-refractivity contribution in [2.24, 2.45) is 0 Å². The van der Waals surface area contributed by atoms with Gasteiger partial charge in [0.05, 0.1) is 12.7 Å². The summed E-state index contributed by atoms with van der Waals surface area (Å²) in [6.07, 6.45) is 0. The quantitative estimate of drug-likeness (QED) is 0.906. The summed E-state index contributed by atoms with van der Waals surface area (Å²) >= 11 is 0. The van der Waals surface area contributed by atoms with E-state index in [4.69, 9.17) is 10.00 Å². The molecule has 1 N–H and O–H groups in total. The normalized spacial score (nSPS) is 9.74. The lowest BCUT2D eigenvalue weighted by Gasteiger charge is -2.09. The van der Waals surface area contributed by atoms with E-state index in [1.807, 2.05) is 12.1 Å². The number of nitrogens with one attached hydrogen (secondary N) is 1. The fourth-order valence-electron chi connectivity index (χ4n) is 1.81. The van der Waals surface area contributed by atoms with Gasteiger partial charge in [-0.05, 0) is 36.8 Å². The van der Waals surface area contributed by atoms with Crippen molar-refractivity contribution in [1.82, 2.24) is 0 Å². The van der Waals surface area contributed by atoms with E-state index in [2.05, 4.69) is 42.6 Å². The van der Waals surface area contributed by atoms with Gasteiger partial charge in [-0.15, -0.1) is 0 Å². The van der Waals surface area contributed by atoms with Gasteiger partial charge in [-0.1, -0.05) is 23.8 Å². The van der Waals surface area contributed by atoms with Crippen LogP contribution in [0.4, 0.5) is 5.69 Å². The van der Waals surface area contributed by atoms with Gasteiger partial charge >= 0.3 is 0 Å². The second-order valence-corrected chi connectivity index (χ2v) is 4.37. The topological polar surface area (TPSA) is 45.0 Å². The smallest absolute Gasteiger partial charge is 0.136 e. The standard InChI is InChI=1S/C16H16N2O/c1-12-3-7-15(8-4-12)18-11-13-5-6-14(10-17)16(9-13)19-2/h3-9,18H,11H2,1-2H3. The lowest BCUT2D eigenvalue weighted by atomic mass is 10.1. The minimum Gasteiger partial charge on any atom is -0.495 e. The first-order valence-corrected chi connectivity index (χ1v) is 6.10. The molecule has 0 fully saturated rings. The Balaban J connectivity index is 2.07. The van der Waals surface area contributed by atoms with Gasteiger partial charge in [0, 0.05) is 12.2 Å². The summed E-state index contributed by atoms with van der Waals surface area (Å²) in [5, 5.41) is 12.3. The Morgan fingerprint density at radius 2 is 1.89 bits per heavy atom. The van der Waals surface area contributed by atoms with Crippen molar-refractivity contribution in [3.8, 4) is 11.8 Å². The van der Waals surface area contributed by atoms with Crippen LogP contribution in [-0.4, -0.2) is 7.11 Å². The number of aryl methyl sites for hydroxylation is 1. The second kappa shape index (κ2) is 5.92. The first-order valence-electron chi connectivity index (χ1n) is 6.10. The highest BCUT2D eigenvalue weighted by Crippen LogP contribution is 2.20. The van der Waals surface area contributed by atoms with E-state index in [1.54, 1.807) is 13.2 Å². The Labute approximate surface area is 113 Å². The van der Waals surface area contributed by atoms with Crippen LogP contribution >= 0.6 is 0 Å². The molecule has 0 spiro atoms. The van der Waals surface area contributed by atoms with Crippen LogP contribution in [0.25, 0.3) is 0 Å². The zero-order valence-corrected chi connectivity index (χ0v) is 11.1. The average molecular weight is 252 g/mol. The molecule has 0 bridgehead atoms. The van der Waals surface area contributed by atoms with Crippen molar-refractivity contribution in [2.45, 2.75) is 13.5 Å². The molecule has 3 heteroatoms. The molecule has 0 unspecified atom stereocenters. The summed E-state index contributed by atoms with van der Waals surface area (Å²) in [7, 11) is 1.58. The third kappa shape index (κ3) is 3.26. The summed E-state index contributed by atoms with van der Waals surface area (Å²) in [5.41, 5.74) is 3.96. The minimum atomic E-state index is 0.557. The number of hydrogen-bond acceptors (Lipinski definition) is 3. The lowest BCUT2D eigenvalue weighted by Crippen LogP contribution is -2.00. The number of hydrogen-bond donors (Lipinski definition) is 1. The molecule has 0 amide bonds. The highest BCUT2D eigenvalue weighted by atomic mass is 16.5. The highest BCUT2D eigenvalue weighted by Gasteiger charge is 2.03. The SMILES string of the molecule is COc1cc(CNc2ccc(C)cc2)ccc1C#N. The molecule has 3 nitrogen and oxygen atoms in total. The number of ether oxygens (including phenoxy) is 1. The fraction of sp³-hybridized carbons (Fsp3) is 0.188. The molecule has 0 aliphatic carbocycles. The van der Waals surface area contributed by atoms with Crippen LogP contribution in [0.15, 0.2) is 42.5 Å². The fourth-order valence-corrected chi connectivity index (χ4v) is 1.81. The molecule has 0 aliphatic rings. The Morgan fingerprint density at radius 3 is 2.53 bits per heavy atom. The Morgan fingerprint density at radius 1 is 1.16 bits per heavy atom. The van der Waals surface area contributed by atoms with Gasteiger partial charge in [0.1, 0.15) is 11.8 Å². The van der Waals surface area contributed by atoms with Gasteiger partial charge in [-0.2, -0.15) is 5.26 Å². The average Bonchev–Trinajstić information content (AvgIpc) is 2.46. The Bertz CT molecular complexity index is 597. The zero-order chi connectivity index (χ0) is 13.7. The molecule has 0 aliphatic heterocycles. The maximum atomic E-state index is 8.93. The molecule has 96 valence electrons. The summed E-state index contributed by atoms with van der Waals surface area (Å²) in [4.78, 5) is 0. The van der Waals surface area contributed by atoms with E-state index in [0.29, 0.717) is 17.9 Å². The summed E-state index contributed by atoms with van der Waals surface area (Å²) < 4.78 is 5.19. The molecule has 2 aromatic rings. The number of nitriles is 1. The van der Waals surface area contributed by atoms with Crippen molar-refractivity contribution in [1.29, 1.82) is 5.26 Å². The maximum absolute atomic E-state index is 8.93. The Hall–Kier alpha value is -2.47. The van der Waals surface area contributed by atoms with Crippen molar-refractivity contribution >= 4 is 5.69 Å². The van der Waals surface area contributed by atoms with Gasteiger partial charge in [-0.25, -0.2) is 0 Å². The molecule has 0 atom stereocenters. The third-order valence-corrected chi connectivity index (χ3v) is 2.93. The molecule has 0 heterocycles. The summed E-state index contributed by atoms with van der Waals surface area (Å²) in [6.45, 7) is 2.76. The molecular formula is C16H16N2O. The predicted molar refractivity (Wildman–Crippen MR) is 76.2 cm³/mol. The van der Waals surface area contributed by atoms with Crippen LogP contribution in [0.3, 0.4) is 0 Å². The van der Waals surface area contributed by atoms with Gasteiger partial charge in [0.15, 0.2) is 0 Å². The van der Waals surface area contributed by atoms with Crippen molar-refractivity contribution in [3.63, 3.8) is 0 Å². The van der Waals surface area contributed by atoms with E-state index < -0.39 is 0 Å². The number of nitrogens with zero attached hydrogens (tertiary/aromatic N) is 1. The van der Waals surface area contributed by atoms with Crippen LogP contribution in [0, 0.1) is 18.3 Å². The second-order valence-electron chi connectivity index (χ2n) is 4.37. The lowest BCUT2D eigenvalue weighted by molar-refractivity contribution is 0.413. The van der Waals surface area contributed by atoms with Crippen molar-refractivity contribution < 1.29 is 4.74 Å².